The summed E-state index contributed by atoms with van der Waals surface area (Å²) >= 11 is 0. The third-order valence-electron chi connectivity index (χ3n) is 4.91. The number of esters is 1. The topological polar surface area (TPSA) is 188 Å². The SMILES string of the molecule is [N-]=[N+]=Nc1ccc(C(=O)OCCSSCC(N)C(=O)NCCCC(=O)Cc2cccc(B(O)O)c2)cc1. The number of nitrogens with one attached hydrogen (secondary N) is 1. The summed E-state index contributed by atoms with van der Waals surface area (Å²) in [6.07, 6.45) is 0.935. The van der Waals surface area contributed by atoms with Crippen LogP contribution in [0.2, 0.25) is 0 Å². The van der Waals surface area contributed by atoms with Crippen molar-refractivity contribution in [2.45, 2.75) is 25.3 Å². The first-order valence-corrected chi connectivity index (χ1v) is 13.9. The number of carbonyl (C=O) groups excluding carboxylic acids is 3. The lowest BCUT2D eigenvalue weighted by atomic mass is 9.79. The Morgan fingerprint density at radius 3 is 2.62 bits per heavy atom. The number of hydrogen-bond acceptors (Lipinski definition) is 10. The minimum Gasteiger partial charge on any atom is -0.461 e. The Balaban J connectivity index is 1.53. The lowest BCUT2D eigenvalue weighted by Gasteiger charge is -2.11. The molecule has 0 saturated carbocycles. The highest BCUT2D eigenvalue weighted by atomic mass is 33.1. The van der Waals surface area contributed by atoms with Crippen LogP contribution in [0.3, 0.4) is 0 Å². The summed E-state index contributed by atoms with van der Waals surface area (Å²) in [7, 11) is 1.25. The monoisotopic (exact) mass is 545 g/mol. The Morgan fingerprint density at radius 2 is 1.92 bits per heavy atom. The molecule has 0 aliphatic carbocycles. The van der Waals surface area contributed by atoms with Crippen molar-refractivity contribution in [3.8, 4) is 0 Å². The average Bonchev–Trinajstić information content (AvgIpc) is 2.89. The first kappa shape index (κ1) is 30.2. The molecular weight excluding hydrogens is 517 g/mol. The summed E-state index contributed by atoms with van der Waals surface area (Å²) in [6.45, 7) is 0.514. The van der Waals surface area contributed by atoms with Gasteiger partial charge in [-0.2, -0.15) is 0 Å². The van der Waals surface area contributed by atoms with E-state index < -0.39 is 19.1 Å². The maximum atomic E-state index is 12.1. The van der Waals surface area contributed by atoms with Gasteiger partial charge in [0.05, 0.1) is 11.6 Å². The van der Waals surface area contributed by atoms with Crippen LogP contribution in [0.4, 0.5) is 5.69 Å². The zero-order valence-electron chi connectivity index (χ0n) is 20.0. The normalized spacial score (nSPS) is 11.2. The number of azide groups is 1. The number of amides is 1. The van der Waals surface area contributed by atoms with E-state index >= 15 is 0 Å². The molecule has 0 bridgehead atoms. The lowest BCUT2D eigenvalue weighted by Crippen LogP contribution is -2.42. The molecule has 0 radical (unpaired) electrons. The van der Waals surface area contributed by atoms with E-state index in [0.717, 1.165) is 0 Å². The van der Waals surface area contributed by atoms with Crippen molar-refractivity contribution in [3.05, 3.63) is 70.1 Å². The van der Waals surface area contributed by atoms with Crippen LogP contribution in [0, 0.1) is 0 Å². The molecule has 0 fully saturated rings. The maximum Gasteiger partial charge on any atom is 0.488 e. The van der Waals surface area contributed by atoms with Crippen molar-refractivity contribution >= 4 is 57.5 Å². The molecule has 0 saturated heterocycles. The second-order valence-corrected chi connectivity index (χ2v) is 10.4. The molecule has 1 amide bonds. The number of ether oxygens (including phenoxy) is 1. The second kappa shape index (κ2) is 16.7. The minimum atomic E-state index is -1.58. The Morgan fingerprint density at radius 1 is 1.16 bits per heavy atom. The van der Waals surface area contributed by atoms with E-state index in [-0.39, 0.29) is 31.1 Å². The van der Waals surface area contributed by atoms with Crippen molar-refractivity contribution in [2.24, 2.45) is 10.8 Å². The number of carbonyl (C=O) groups is 3. The van der Waals surface area contributed by atoms with E-state index in [9.17, 15) is 24.4 Å². The molecule has 2 rings (SSSR count). The van der Waals surface area contributed by atoms with Gasteiger partial charge in [-0.15, -0.1) is 0 Å². The number of ketones is 1. The summed E-state index contributed by atoms with van der Waals surface area (Å²) in [6, 6.07) is 11.9. The smallest absolute Gasteiger partial charge is 0.461 e. The molecule has 37 heavy (non-hydrogen) atoms. The number of nitrogens with zero attached hydrogens (tertiary/aromatic N) is 3. The Kier molecular flexibility index (Phi) is 13.6. The van der Waals surface area contributed by atoms with Crippen LogP contribution in [0.25, 0.3) is 10.4 Å². The van der Waals surface area contributed by atoms with Gasteiger partial charge >= 0.3 is 13.1 Å². The molecule has 0 heterocycles. The molecule has 2 aromatic carbocycles. The van der Waals surface area contributed by atoms with Gasteiger partial charge in [0.1, 0.15) is 12.4 Å². The van der Waals surface area contributed by atoms with E-state index in [1.54, 1.807) is 24.3 Å². The van der Waals surface area contributed by atoms with E-state index in [1.807, 2.05) is 0 Å². The van der Waals surface area contributed by atoms with E-state index in [1.165, 1.54) is 45.9 Å². The molecule has 0 aliphatic heterocycles. The van der Waals surface area contributed by atoms with Crippen LogP contribution in [0.5, 0.6) is 0 Å². The van der Waals surface area contributed by atoms with Crippen LogP contribution in [-0.2, 0) is 20.7 Å². The third-order valence-corrected chi connectivity index (χ3v) is 7.32. The average molecular weight is 545 g/mol. The summed E-state index contributed by atoms with van der Waals surface area (Å²) in [4.78, 5) is 38.9. The fraction of sp³-hybridized carbons (Fsp3) is 0.348. The largest absolute Gasteiger partial charge is 0.488 e. The zero-order chi connectivity index (χ0) is 27.0. The molecule has 11 nitrogen and oxygen atoms in total. The standard InChI is InChI=1S/C23H28BN5O6S2/c25-21(15-37-36-12-11-35-23(32)17-6-8-19(9-7-17)28-29-26)22(31)27-10-2-5-20(30)14-16-3-1-4-18(13-16)24(33)34/h1,3-4,6-9,13,21,33-34H,2,5,10-12,14-15,25H2,(H,27,31). The Bertz CT molecular complexity index is 1100. The van der Waals surface area contributed by atoms with Crippen molar-refractivity contribution in [1.82, 2.24) is 5.32 Å². The summed E-state index contributed by atoms with van der Waals surface area (Å²) in [5, 5.41) is 24.6. The highest BCUT2D eigenvalue weighted by molar-refractivity contribution is 8.76. The molecule has 196 valence electrons. The number of rotatable bonds is 16. The molecule has 1 atom stereocenters. The number of hydrogen-bond donors (Lipinski definition) is 4. The molecule has 5 N–H and O–H groups in total. The molecule has 14 heteroatoms. The van der Waals surface area contributed by atoms with Crippen LogP contribution >= 0.6 is 21.6 Å². The van der Waals surface area contributed by atoms with Crippen molar-refractivity contribution in [3.63, 3.8) is 0 Å². The first-order valence-electron chi connectivity index (χ1n) is 11.4. The van der Waals surface area contributed by atoms with Gasteiger partial charge in [0.15, 0.2) is 0 Å². The summed E-state index contributed by atoms with van der Waals surface area (Å²) in [5.74, 6) is 0.0908. The van der Waals surface area contributed by atoms with Gasteiger partial charge in [-0.05, 0) is 35.1 Å². The highest BCUT2D eigenvalue weighted by Gasteiger charge is 2.15. The van der Waals surface area contributed by atoms with Crippen LogP contribution in [0.1, 0.15) is 28.8 Å². The zero-order valence-corrected chi connectivity index (χ0v) is 21.6. The Labute approximate surface area is 222 Å². The van der Waals surface area contributed by atoms with Crippen LogP contribution in [0.15, 0.2) is 53.6 Å². The number of Topliss-reactive ketones (excluding diaryl/α,β-unsaturated/α-hetero) is 1. The molecular formula is C23H28BN5O6S2. The van der Waals surface area contributed by atoms with Crippen LogP contribution in [-0.4, -0.2) is 65.5 Å². The first-order chi connectivity index (χ1) is 17.8. The van der Waals surface area contributed by atoms with E-state index in [2.05, 4.69) is 15.3 Å². The van der Waals surface area contributed by atoms with Gasteiger partial charge in [0.25, 0.3) is 0 Å². The van der Waals surface area contributed by atoms with Gasteiger partial charge in [0.2, 0.25) is 5.91 Å². The van der Waals surface area contributed by atoms with Gasteiger partial charge in [0, 0.05) is 41.5 Å². The summed E-state index contributed by atoms with van der Waals surface area (Å²) < 4.78 is 5.18. The van der Waals surface area contributed by atoms with E-state index in [4.69, 9.17) is 16.0 Å². The minimum absolute atomic E-state index is 0.0130. The van der Waals surface area contributed by atoms with Gasteiger partial charge in [-0.3, -0.25) is 9.59 Å². The van der Waals surface area contributed by atoms with Crippen molar-refractivity contribution in [2.75, 3.05) is 24.7 Å². The highest BCUT2D eigenvalue weighted by Crippen LogP contribution is 2.21. The molecule has 1 unspecified atom stereocenters. The molecule has 0 aliphatic rings. The van der Waals surface area contributed by atoms with Crippen molar-refractivity contribution in [1.29, 1.82) is 0 Å². The second-order valence-electron chi connectivity index (χ2n) is 7.81. The fourth-order valence-electron chi connectivity index (χ4n) is 3.03. The molecule has 0 spiro atoms. The molecule has 0 aromatic heterocycles. The van der Waals surface area contributed by atoms with E-state index in [0.29, 0.717) is 46.7 Å². The predicted octanol–water partition coefficient (Wildman–Crippen LogP) is 1.88. The summed E-state index contributed by atoms with van der Waals surface area (Å²) in [5.41, 5.74) is 16.1. The fourth-order valence-corrected chi connectivity index (χ4v) is 4.98. The van der Waals surface area contributed by atoms with Gasteiger partial charge in [-0.25, -0.2) is 4.79 Å². The number of nitrogens with two attached hydrogens (primary N) is 1. The van der Waals surface area contributed by atoms with Gasteiger partial charge < -0.3 is 25.8 Å². The van der Waals surface area contributed by atoms with Crippen molar-refractivity contribution < 1.29 is 29.2 Å². The molecule has 2 aromatic rings. The third kappa shape index (κ3) is 11.7. The quantitative estimate of drug-likeness (QED) is 0.0464. The maximum absolute atomic E-state index is 12.1. The van der Waals surface area contributed by atoms with Crippen LogP contribution < -0.4 is 16.5 Å². The predicted molar refractivity (Wildman–Crippen MR) is 146 cm³/mol. The lowest BCUT2D eigenvalue weighted by molar-refractivity contribution is -0.122. The number of benzene rings is 2. The Hall–Kier alpha value is -3.00. The van der Waals surface area contributed by atoms with Gasteiger partial charge in [-0.1, -0.05) is 63.1 Å².